The van der Waals surface area contributed by atoms with Gasteiger partial charge in [-0.25, -0.2) is 13.4 Å². The number of carbonyl (C=O) groups excluding carboxylic acids is 1. The van der Waals surface area contributed by atoms with Crippen molar-refractivity contribution in [2.75, 3.05) is 43.9 Å². The van der Waals surface area contributed by atoms with Crippen molar-refractivity contribution in [3.63, 3.8) is 0 Å². The number of rotatable bonds is 4. The first-order chi connectivity index (χ1) is 11.4. The van der Waals surface area contributed by atoms with Gasteiger partial charge < -0.3 is 9.64 Å². The van der Waals surface area contributed by atoms with Crippen LogP contribution in [0, 0.1) is 0 Å². The number of hydrogen-bond donors (Lipinski definition) is 0. The molecule has 24 heavy (non-hydrogen) atoms. The molecule has 2 saturated heterocycles. The third-order valence-corrected chi connectivity index (χ3v) is 6.60. The van der Waals surface area contributed by atoms with Gasteiger partial charge in [0.25, 0.3) is 5.91 Å². The molecule has 132 valence electrons. The van der Waals surface area contributed by atoms with Crippen molar-refractivity contribution in [2.45, 2.75) is 12.5 Å². The summed E-state index contributed by atoms with van der Waals surface area (Å²) in [7, 11) is -3.21. The number of hydrogen-bond acceptors (Lipinski definition) is 6. The van der Waals surface area contributed by atoms with Gasteiger partial charge in [-0.1, -0.05) is 0 Å². The summed E-state index contributed by atoms with van der Waals surface area (Å²) in [4.78, 5) is 18.7. The van der Waals surface area contributed by atoms with Crippen LogP contribution < -0.4 is 4.74 Å². The molecule has 1 aromatic rings. The highest BCUT2D eigenvalue weighted by molar-refractivity contribution is 7.99. The number of thioether (sulfide) groups is 1. The molecule has 0 aliphatic carbocycles. The maximum absolute atomic E-state index is 12.8. The Labute approximate surface area is 146 Å². The van der Waals surface area contributed by atoms with E-state index < -0.39 is 10.0 Å². The molecule has 0 N–H and O–H groups in total. The van der Waals surface area contributed by atoms with E-state index in [9.17, 15) is 13.2 Å². The predicted octanol–water partition coefficient (Wildman–Crippen LogP) is 0.683. The molecular weight excluding hydrogens is 350 g/mol. The van der Waals surface area contributed by atoms with Crippen molar-refractivity contribution >= 4 is 27.7 Å². The van der Waals surface area contributed by atoms with E-state index >= 15 is 0 Å². The van der Waals surface area contributed by atoms with Crippen LogP contribution in [0.25, 0.3) is 0 Å². The number of pyridine rings is 1. The van der Waals surface area contributed by atoms with Crippen molar-refractivity contribution in [3.8, 4) is 5.88 Å². The second-order valence-corrected chi connectivity index (χ2v) is 9.05. The first-order valence-electron chi connectivity index (χ1n) is 7.89. The predicted molar refractivity (Wildman–Crippen MR) is 92.9 cm³/mol. The number of ether oxygens (including phenoxy) is 1. The van der Waals surface area contributed by atoms with Gasteiger partial charge in [-0.15, -0.1) is 0 Å². The topological polar surface area (TPSA) is 79.8 Å². The van der Waals surface area contributed by atoms with E-state index in [1.165, 1.54) is 10.6 Å². The minimum Gasteiger partial charge on any atom is -0.473 e. The third kappa shape index (κ3) is 4.01. The minimum atomic E-state index is -3.21. The van der Waals surface area contributed by atoms with Crippen LogP contribution in [0.4, 0.5) is 0 Å². The Hall–Kier alpha value is -1.32. The van der Waals surface area contributed by atoms with Crippen LogP contribution in [-0.4, -0.2) is 78.6 Å². The highest BCUT2D eigenvalue weighted by Crippen LogP contribution is 2.25. The molecule has 0 spiro atoms. The largest absolute Gasteiger partial charge is 0.473 e. The van der Waals surface area contributed by atoms with Crippen molar-refractivity contribution in [2.24, 2.45) is 0 Å². The van der Waals surface area contributed by atoms with Gasteiger partial charge >= 0.3 is 0 Å². The van der Waals surface area contributed by atoms with Gasteiger partial charge in [0, 0.05) is 38.1 Å². The second kappa shape index (κ2) is 7.28. The van der Waals surface area contributed by atoms with Gasteiger partial charge in [0.2, 0.25) is 15.9 Å². The van der Waals surface area contributed by atoms with Gasteiger partial charge in [-0.2, -0.15) is 16.1 Å². The van der Waals surface area contributed by atoms with Gasteiger partial charge in [-0.3, -0.25) is 4.79 Å². The molecule has 1 atom stereocenters. The van der Waals surface area contributed by atoms with E-state index in [1.807, 2.05) is 11.8 Å². The summed E-state index contributed by atoms with van der Waals surface area (Å²) in [6, 6.07) is 3.44. The van der Waals surface area contributed by atoms with Crippen LogP contribution in [0.2, 0.25) is 0 Å². The number of carbonyl (C=O) groups is 1. The Bertz CT molecular complexity index is 696. The summed E-state index contributed by atoms with van der Waals surface area (Å²) in [5.74, 6) is 2.20. The fourth-order valence-corrected chi connectivity index (χ4v) is 4.72. The average Bonchev–Trinajstić information content (AvgIpc) is 3.07. The van der Waals surface area contributed by atoms with Gasteiger partial charge in [0.15, 0.2) is 0 Å². The third-order valence-electron chi connectivity index (χ3n) is 4.16. The van der Waals surface area contributed by atoms with Crippen LogP contribution in [0.15, 0.2) is 18.3 Å². The second-order valence-electron chi connectivity index (χ2n) is 5.91. The highest BCUT2D eigenvalue weighted by atomic mass is 32.2. The smallest absolute Gasteiger partial charge is 0.259 e. The molecule has 1 amide bonds. The Morgan fingerprint density at radius 3 is 2.71 bits per heavy atom. The molecule has 7 nitrogen and oxygen atoms in total. The molecule has 0 saturated carbocycles. The summed E-state index contributed by atoms with van der Waals surface area (Å²) in [5.41, 5.74) is 0.446. The number of piperazine rings is 1. The SMILES string of the molecule is CS(=O)(=O)N1CCN(C(=O)c2cccnc2O[C@@H]2CCSC2)CC1. The van der Waals surface area contributed by atoms with E-state index in [-0.39, 0.29) is 12.0 Å². The Balaban J connectivity index is 1.69. The fraction of sp³-hybridized carbons (Fsp3) is 0.600. The molecule has 2 aliphatic heterocycles. The van der Waals surface area contributed by atoms with Crippen molar-refractivity contribution in [1.29, 1.82) is 0 Å². The Morgan fingerprint density at radius 1 is 1.33 bits per heavy atom. The van der Waals surface area contributed by atoms with E-state index in [0.29, 0.717) is 37.6 Å². The lowest BCUT2D eigenvalue weighted by molar-refractivity contribution is 0.0690. The zero-order valence-electron chi connectivity index (χ0n) is 13.6. The summed E-state index contributed by atoms with van der Waals surface area (Å²) in [5, 5.41) is 0. The maximum atomic E-state index is 12.8. The molecule has 0 bridgehead atoms. The van der Waals surface area contributed by atoms with Gasteiger partial charge in [0.1, 0.15) is 11.7 Å². The molecule has 2 aliphatic rings. The first kappa shape index (κ1) is 17.5. The van der Waals surface area contributed by atoms with E-state index in [4.69, 9.17) is 4.74 Å². The standard InChI is InChI=1S/C15H21N3O4S2/c1-24(20,21)18-8-6-17(7-9-18)15(19)13-3-2-5-16-14(13)22-12-4-10-23-11-12/h2-3,5,12H,4,6-11H2,1H3/t12-/m1/s1. The molecule has 2 fully saturated rings. The van der Waals surface area contributed by atoms with Crippen molar-refractivity contribution in [1.82, 2.24) is 14.2 Å². The van der Waals surface area contributed by atoms with E-state index in [0.717, 1.165) is 17.9 Å². The molecule has 0 aromatic carbocycles. The van der Waals surface area contributed by atoms with E-state index in [1.54, 1.807) is 23.2 Å². The number of nitrogens with zero attached hydrogens (tertiary/aromatic N) is 3. The normalized spacial score (nSPS) is 22.5. The summed E-state index contributed by atoms with van der Waals surface area (Å²) < 4.78 is 30.4. The van der Waals surface area contributed by atoms with Gasteiger partial charge in [-0.05, 0) is 24.3 Å². The number of sulfonamides is 1. The fourth-order valence-electron chi connectivity index (χ4n) is 2.80. The molecule has 9 heteroatoms. The van der Waals surface area contributed by atoms with Crippen LogP contribution in [0.3, 0.4) is 0 Å². The van der Waals surface area contributed by atoms with Crippen LogP contribution in [0.1, 0.15) is 16.8 Å². The van der Waals surface area contributed by atoms with Crippen molar-refractivity contribution in [3.05, 3.63) is 23.9 Å². The molecule has 3 heterocycles. The molecule has 0 unspecified atom stereocenters. The summed E-state index contributed by atoms with van der Waals surface area (Å²) >= 11 is 1.84. The molecule has 0 radical (unpaired) electrons. The average molecular weight is 371 g/mol. The lowest BCUT2D eigenvalue weighted by atomic mass is 10.2. The summed E-state index contributed by atoms with van der Waals surface area (Å²) in [6.07, 6.45) is 3.87. The highest BCUT2D eigenvalue weighted by Gasteiger charge is 2.29. The minimum absolute atomic E-state index is 0.0959. The summed E-state index contributed by atoms with van der Waals surface area (Å²) in [6.45, 7) is 1.39. The lowest BCUT2D eigenvalue weighted by Crippen LogP contribution is -2.50. The Morgan fingerprint density at radius 2 is 2.08 bits per heavy atom. The number of aromatic nitrogens is 1. The van der Waals surface area contributed by atoms with E-state index in [2.05, 4.69) is 4.98 Å². The Kier molecular flexibility index (Phi) is 5.31. The maximum Gasteiger partial charge on any atom is 0.259 e. The lowest BCUT2D eigenvalue weighted by Gasteiger charge is -2.33. The molecule has 3 rings (SSSR count). The monoisotopic (exact) mass is 371 g/mol. The number of amides is 1. The van der Waals surface area contributed by atoms with Gasteiger partial charge in [0.05, 0.1) is 6.26 Å². The molecule has 1 aromatic heterocycles. The van der Waals surface area contributed by atoms with Crippen LogP contribution in [-0.2, 0) is 10.0 Å². The van der Waals surface area contributed by atoms with Crippen LogP contribution in [0.5, 0.6) is 5.88 Å². The zero-order chi connectivity index (χ0) is 17.2. The van der Waals surface area contributed by atoms with Crippen LogP contribution >= 0.6 is 11.8 Å². The first-order valence-corrected chi connectivity index (χ1v) is 10.9. The molecular formula is C15H21N3O4S2. The quantitative estimate of drug-likeness (QED) is 0.775. The zero-order valence-corrected chi connectivity index (χ0v) is 15.2. The van der Waals surface area contributed by atoms with Crippen molar-refractivity contribution < 1.29 is 17.9 Å².